The van der Waals surface area contributed by atoms with E-state index in [9.17, 15) is 0 Å². The summed E-state index contributed by atoms with van der Waals surface area (Å²) in [6.45, 7) is 2.84. The molecule has 1 N–H and O–H groups in total. The third-order valence-corrected chi connectivity index (χ3v) is 2.87. The minimum Gasteiger partial charge on any atom is -0.369 e. The van der Waals surface area contributed by atoms with Gasteiger partial charge in [0.25, 0.3) is 0 Å². The molecule has 0 atom stereocenters. The van der Waals surface area contributed by atoms with E-state index in [2.05, 4.69) is 29.4 Å². The van der Waals surface area contributed by atoms with Crippen molar-refractivity contribution in [2.75, 3.05) is 11.9 Å². The molecule has 0 radical (unpaired) electrons. The lowest BCUT2D eigenvalue weighted by molar-refractivity contribution is 0.968. The monoisotopic (exact) mass is 262 g/mol. The van der Waals surface area contributed by atoms with E-state index in [1.807, 2.05) is 18.2 Å². The van der Waals surface area contributed by atoms with Gasteiger partial charge in [0.05, 0.1) is 22.9 Å². The van der Waals surface area contributed by atoms with Gasteiger partial charge < -0.3 is 5.32 Å². The standard InChI is InChI=1S/C16H14N4/c1-2-9-19-16-14(11-18)7-8-15(20-16)13-5-3-12(10-17)4-6-13/h3-8H,2,9H2,1H3,(H,19,20). The van der Waals surface area contributed by atoms with Crippen LogP contribution in [0.4, 0.5) is 5.82 Å². The molecule has 1 aromatic heterocycles. The highest BCUT2D eigenvalue weighted by atomic mass is 15.0. The molecular formula is C16H14N4. The number of pyridine rings is 1. The minimum absolute atomic E-state index is 0.538. The number of aromatic nitrogens is 1. The fraction of sp³-hybridized carbons (Fsp3) is 0.188. The quantitative estimate of drug-likeness (QED) is 0.917. The van der Waals surface area contributed by atoms with Crippen molar-refractivity contribution in [1.29, 1.82) is 10.5 Å². The first kappa shape index (κ1) is 13.6. The Bertz CT molecular complexity index is 675. The summed E-state index contributed by atoms with van der Waals surface area (Å²) >= 11 is 0. The Kier molecular flexibility index (Phi) is 4.32. The van der Waals surface area contributed by atoms with Gasteiger partial charge in [0.2, 0.25) is 0 Å². The number of nitriles is 2. The number of benzene rings is 1. The van der Waals surface area contributed by atoms with Crippen LogP contribution in [0.25, 0.3) is 11.3 Å². The van der Waals surface area contributed by atoms with Crippen molar-refractivity contribution in [1.82, 2.24) is 4.98 Å². The van der Waals surface area contributed by atoms with Crippen molar-refractivity contribution in [2.45, 2.75) is 13.3 Å². The normalized spacial score (nSPS) is 9.55. The molecule has 98 valence electrons. The Morgan fingerprint density at radius 2 is 1.80 bits per heavy atom. The Labute approximate surface area is 118 Å². The van der Waals surface area contributed by atoms with Gasteiger partial charge in [-0.15, -0.1) is 0 Å². The summed E-state index contributed by atoms with van der Waals surface area (Å²) in [5.74, 6) is 0.608. The average Bonchev–Trinajstić information content (AvgIpc) is 2.52. The predicted octanol–water partition coefficient (Wildman–Crippen LogP) is 3.31. The van der Waals surface area contributed by atoms with Crippen LogP contribution < -0.4 is 5.32 Å². The first-order valence-corrected chi connectivity index (χ1v) is 6.44. The van der Waals surface area contributed by atoms with Gasteiger partial charge in [-0.2, -0.15) is 10.5 Å². The molecule has 0 spiro atoms. The summed E-state index contributed by atoms with van der Waals surface area (Å²) in [6.07, 6.45) is 0.966. The van der Waals surface area contributed by atoms with Crippen molar-refractivity contribution in [3.63, 3.8) is 0 Å². The van der Waals surface area contributed by atoms with Gasteiger partial charge in [0.1, 0.15) is 11.9 Å². The Morgan fingerprint density at radius 1 is 1.05 bits per heavy atom. The second kappa shape index (κ2) is 6.36. The smallest absolute Gasteiger partial charge is 0.144 e. The van der Waals surface area contributed by atoms with Crippen LogP contribution in [0.2, 0.25) is 0 Å². The largest absolute Gasteiger partial charge is 0.369 e. The van der Waals surface area contributed by atoms with E-state index in [4.69, 9.17) is 10.5 Å². The average molecular weight is 262 g/mol. The maximum absolute atomic E-state index is 9.08. The summed E-state index contributed by atoms with van der Waals surface area (Å²) in [5.41, 5.74) is 2.86. The second-order valence-electron chi connectivity index (χ2n) is 4.32. The van der Waals surface area contributed by atoms with Gasteiger partial charge >= 0.3 is 0 Å². The maximum atomic E-state index is 9.08. The van der Waals surface area contributed by atoms with Crippen molar-refractivity contribution >= 4 is 5.82 Å². The zero-order chi connectivity index (χ0) is 14.4. The summed E-state index contributed by atoms with van der Waals surface area (Å²) in [5, 5.41) is 21.0. The summed E-state index contributed by atoms with van der Waals surface area (Å²) in [7, 11) is 0. The molecule has 0 unspecified atom stereocenters. The summed E-state index contributed by atoms with van der Waals surface area (Å²) < 4.78 is 0. The molecule has 20 heavy (non-hydrogen) atoms. The number of rotatable bonds is 4. The van der Waals surface area contributed by atoms with Gasteiger partial charge in [-0.25, -0.2) is 4.98 Å². The van der Waals surface area contributed by atoms with E-state index in [1.165, 1.54) is 0 Å². The van der Waals surface area contributed by atoms with Gasteiger partial charge in [-0.1, -0.05) is 19.1 Å². The molecule has 2 aromatic rings. The lowest BCUT2D eigenvalue weighted by atomic mass is 10.1. The molecule has 0 fully saturated rings. The van der Waals surface area contributed by atoms with E-state index in [0.29, 0.717) is 16.9 Å². The van der Waals surface area contributed by atoms with E-state index in [-0.39, 0.29) is 0 Å². The van der Waals surface area contributed by atoms with Gasteiger partial charge in [0.15, 0.2) is 0 Å². The van der Waals surface area contributed by atoms with Crippen LogP contribution in [0.15, 0.2) is 36.4 Å². The highest BCUT2D eigenvalue weighted by molar-refractivity contribution is 5.65. The van der Waals surface area contributed by atoms with Crippen LogP contribution in [-0.2, 0) is 0 Å². The van der Waals surface area contributed by atoms with Crippen LogP contribution in [0.5, 0.6) is 0 Å². The molecule has 1 heterocycles. The number of nitrogens with zero attached hydrogens (tertiary/aromatic N) is 3. The zero-order valence-corrected chi connectivity index (χ0v) is 11.2. The fourth-order valence-corrected chi connectivity index (χ4v) is 1.80. The van der Waals surface area contributed by atoms with E-state index < -0.39 is 0 Å². The molecule has 0 amide bonds. The van der Waals surface area contributed by atoms with Crippen LogP contribution in [0.1, 0.15) is 24.5 Å². The molecule has 1 aromatic carbocycles. The summed E-state index contributed by atoms with van der Waals surface area (Å²) in [4.78, 5) is 4.49. The molecule has 0 saturated heterocycles. The number of hydrogen-bond acceptors (Lipinski definition) is 4. The molecule has 0 aliphatic carbocycles. The van der Waals surface area contributed by atoms with Crippen molar-refractivity contribution in [3.05, 3.63) is 47.5 Å². The zero-order valence-electron chi connectivity index (χ0n) is 11.2. The summed E-state index contributed by atoms with van der Waals surface area (Å²) in [6, 6.07) is 15.0. The van der Waals surface area contributed by atoms with E-state index in [1.54, 1.807) is 18.2 Å². The molecule has 4 heteroatoms. The molecule has 4 nitrogen and oxygen atoms in total. The van der Waals surface area contributed by atoms with Gasteiger partial charge in [-0.05, 0) is 30.7 Å². The second-order valence-corrected chi connectivity index (χ2v) is 4.32. The molecular weight excluding hydrogens is 248 g/mol. The first-order chi connectivity index (χ1) is 9.78. The predicted molar refractivity (Wildman–Crippen MR) is 77.9 cm³/mol. The molecule has 0 aliphatic rings. The van der Waals surface area contributed by atoms with E-state index in [0.717, 1.165) is 24.2 Å². The SMILES string of the molecule is CCCNc1nc(-c2ccc(C#N)cc2)ccc1C#N. The van der Waals surface area contributed by atoms with Crippen molar-refractivity contribution in [2.24, 2.45) is 0 Å². The lowest BCUT2D eigenvalue weighted by Gasteiger charge is -2.08. The fourth-order valence-electron chi connectivity index (χ4n) is 1.80. The lowest BCUT2D eigenvalue weighted by Crippen LogP contribution is -2.04. The number of nitrogens with one attached hydrogen (secondary N) is 1. The van der Waals surface area contributed by atoms with Crippen molar-refractivity contribution in [3.8, 4) is 23.4 Å². The molecule has 0 bridgehead atoms. The van der Waals surface area contributed by atoms with Crippen LogP contribution in [-0.4, -0.2) is 11.5 Å². The molecule has 0 aliphatic heterocycles. The highest BCUT2D eigenvalue weighted by Gasteiger charge is 2.06. The van der Waals surface area contributed by atoms with Crippen LogP contribution in [0, 0.1) is 22.7 Å². The van der Waals surface area contributed by atoms with Crippen LogP contribution >= 0.6 is 0 Å². The highest BCUT2D eigenvalue weighted by Crippen LogP contribution is 2.22. The first-order valence-electron chi connectivity index (χ1n) is 6.44. The van der Waals surface area contributed by atoms with Gasteiger partial charge in [-0.3, -0.25) is 0 Å². The Morgan fingerprint density at radius 3 is 2.40 bits per heavy atom. The van der Waals surface area contributed by atoms with Crippen molar-refractivity contribution < 1.29 is 0 Å². The minimum atomic E-state index is 0.538. The Balaban J connectivity index is 2.37. The molecule has 2 rings (SSSR count). The van der Waals surface area contributed by atoms with E-state index >= 15 is 0 Å². The molecule has 0 saturated carbocycles. The number of anilines is 1. The topological polar surface area (TPSA) is 72.5 Å². The number of hydrogen-bond donors (Lipinski definition) is 1. The Hall–Kier alpha value is -2.85. The third-order valence-electron chi connectivity index (χ3n) is 2.87. The third kappa shape index (κ3) is 2.93. The van der Waals surface area contributed by atoms with Gasteiger partial charge in [0, 0.05) is 12.1 Å². The maximum Gasteiger partial charge on any atom is 0.144 e. The van der Waals surface area contributed by atoms with Crippen LogP contribution in [0.3, 0.4) is 0 Å².